The summed E-state index contributed by atoms with van der Waals surface area (Å²) in [7, 11) is 0. The van der Waals surface area contributed by atoms with Crippen molar-refractivity contribution in [3.8, 4) is 0 Å². The van der Waals surface area contributed by atoms with Crippen LogP contribution in [0, 0.1) is 0 Å². The third kappa shape index (κ3) is 6.69. The third-order valence-electron chi connectivity index (χ3n) is 4.50. The van der Waals surface area contributed by atoms with E-state index in [2.05, 4.69) is 47.9 Å². The average Bonchev–Trinajstić information content (AvgIpc) is 3.44. The van der Waals surface area contributed by atoms with Gasteiger partial charge in [0.15, 0.2) is 5.96 Å². The lowest BCUT2D eigenvalue weighted by molar-refractivity contribution is 0.280. The lowest BCUT2D eigenvalue weighted by atomic mass is 10.1. The molecule has 0 heterocycles. The number of aliphatic hydroxyl groups is 1. The van der Waals surface area contributed by atoms with Crippen molar-refractivity contribution in [3.05, 3.63) is 65.7 Å². The smallest absolute Gasteiger partial charge is 0.191 e. The predicted octanol–water partition coefficient (Wildman–Crippen LogP) is 4.18. The lowest BCUT2D eigenvalue weighted by Crippen LogP contribution is -2.41. The van der Waals surface area contributed by atoms with Crippen LogP contribution in [0.1, 0.15) is 30.9 Å². The van der Waals surface area contributed by atoms with Crippen LogP contribution in [0.3, 0.4) is 0 Å². The lowest BCUT2D eigenvalue weighted by Gasteiger charge is -2.18. The average molecular weight is 497 g/mol. The highest BCUT2D eigenvalue weighted by atomic mass is 127. The van der Waals surface area contributed by atoms with Gasteiger partial charge in [0, 0.05) is 22.7 Å². The second-order valence-corrected chi connectivity index (χ2v) is 8.12. The van der Waals surface area contributed by atoms with E-state index < -0.39 is 0 Å². The Labute approximate surface area is 183 Å². The first kappa shape index (κ1) is 22.0. The van der Waals surface area contributed by atoms with E-state index in [1.54, 1.807) is 0 Å². The van der Waals surface area contributed by atoms with Crippen molar-refractivity contribution in [2.75, 3.05) is 13.1 Å². The Morgan fingerprint density at radius 3 is 2.33 bits per heavy atom. The molecule has 3 N–H and O–H groups in total. The monoisotopic (exact) mass is 497 g/mol. The predicted molar refractivity (Wildman–Crippen MR) is 125 cm³/mol. The van der Waals surface area contributed by atoms with Gasteiger partial charge in [-0.3, -0.25) is 0 Å². The van der Waals surface area contributed by atoms with Crippen molar-refractivity contribution in [1.82, 2.24) is 10.6 Å². The van der Waals surface area contributed by atoms with Gasteiger partial charge >= 0.3 is 0 Å². The highest BCUT2D eigenvalue weighted by Crippen LogP contribution is 2.51. The maximum Gasteiger partial charge on any atom is 0.191 e. The molecule has 1 aliphatic rings. The molecular formula is C21H28IN3OS. The molecule has 0 atom stereocenters. The van der Waals surface area contributed by atoms with E-state index in [-0.39, 0.29) is 35.3 Å². The molecule has 0 radical (unpaired) electrons. The van der Waals surface area contributed by atoms with Crippen molar-refractivity contribution in [1.29, 1.82) is 0 Å². The minimum atomic E-state index is 0. The van der Waals surface area contributed by atoms with Gasteiger partial charge < -0.3 is 15.7 Å². The van der Waals surface area contributed by atoms with Gasteiger partial charge in [0.25, 0.3) is 0 Å². The molecular weight excluding hydrogens is 469 g/mol. The van der Waals surface area contributed by atoms with Crippen LogP contribution in [0.5, 0.6) is 0 Å². The number of hydrogen-bond donors (Lipinski definition) is 3. The summed E-state index contributed by atoms with van der Waals surface area (Å²) < 4.78 is 0.278. The Bertz CT molecular complexity index is 735. The van der Waals surface area contributed by atoms with Crippen LogP contribution in [0.4, 0.5) is 0 Å². The number of hydrogen-bond acceptors (Lipinski definition) is 3. The summed E-state index contributed by atoms with van der Waals surface area (Å²) in [6.45, 7) is 4.41. The van der Waals surface area contributed by atoms with Crippen LogP contribution in [0.2, 0.25) is 0 Å². The summed E-state index contributed by atoms with van der Waals surface area (Å²) in [6.07, 6.45) is 2.46. The van der Waals surface area contributed by atoms with Crippen molar-refractivity contribution < 1.29 is 5.11 Å². The Kier molecular flexibility index (Phi) is 8.92. The standard InChI is InChI=1S/C21H27N3OS.HI/c1-2-22-20(23-14-17-8-6-7-9-18(17)15-25)24-16-21(12-13-21)26-19-10-4-3-5-11-19;/h3-11,25H,2,12-16H2,1H3,(H2,22,23,24);1H. The Balaban J connectivity index is 0.00000261. The normalized spacial score (nSPS) is 15.0. The Morgan fingerprint density at radius 1 is 1.04 bits per heavy atom. The summed E-state index contributed by atoms with van der Waals surface area (Å²) in [5.41, 5.74) is 2.00. The molecule has 146 valence electrons. The quantitative estimate of drug-likeness (QED) is 0.291. The second-order valence-electron chi connectivity index (χ2n) is 6.57. The molecule has 6 heteroatoms. The number of nitrogens with zero attached hydrogens (tertiary/aromatic N) is 1. The number of rotatable bonds is 8. The summed E-state index contributed by atoms with van der Waals surface area (Å²) in [5.74, 6) is 0.833. The van der Waals surface area contributed by atoms with Gasteiger partial charge in [-0.05, 0) is 43.0 Å². The molecule has 0 amide bonds. The van der Waals surface area contributed by atoms with Crippen molar-refractivity contribution in [3.63, 3.8) is 0 Å². The van der Waals surface area contributed by atoms with E-state index in [0.717, 1.165) is 30.2 Å². The summed E-state index contributed by atoms with van der Waals surface area (Å²) in [5, 5.41) is 16.3. The molecule has 0 aliphatic heterocycles. The molecule has 1 saturated carbocycles. The van der Waals surface area contributed by atoms with Gasteiger partial charge in [-0.1, -0.05) is 42.5 Å². The van der Waals surface area contributed by atoms with Crippen molar-refractivity contribution >= 4 is 41.7 Å². The summed E-state index contributed by atoms with van der Waals surface area (Å²) >= 11 is 1.96. The fourth-order valence-electron chi connectivity index (χ4n) is 2.81. The van der Waals surface area contributed by atoms with Gasteiger partial charge in [0.05, 0.1) is 13.2 Å². The maximum absolute atomic E-state index is 9.46. The molecule has 2 aromatic rings. The van der Waals surface area contributed by atoms with Gasteiger partial charge in [-0.25, -0.2) is 4.99 Å². The van der Waals surface area contributed by atoms with Crippen LogP contribution < -0.4 is 10.6 Å². The number of guanidine groups is 1. The van der Waals surface area contributed by atoms with Gasteiger partial charge in [0.1, 0.15) is 0 Å². The number of aliphatic imine (C=N–C) groups is 1. The molecule has 0 saturated heterocycles. The second kappa shape index (κ2) is 10.9. The van der Waals surface area contributed by atoms with E-state index in [1.165, 1.54) is 17.7 Å². The molecule has 1 aliphatic carbocycles. The highest BCUT2D eigenvalue weighted by molar-refractivity contribution is 14.0. The molecule has 0 unspecified atom stereocenters. The highest BCUT2D eigenvalue weighted by Gasteiger charge is 2.43. The van der Waals surface area contributed by atoms with E-state index >= 15 is 0 Å². The molecule has 27 heavy (non-hydrogen) atoms. The maximum atomic E-state index is 9.46. The van der Waals surface area contributed by atoms with Crippen LogP contribution >= 0.6 is 35.7 Å². The number of benzene rings is 2. The van der Waals surface area contributed by atoms with E-state index in [4.69, 9.17) is 4.99 Å². The Hall–Kier alpha value is -1.25. The number of halogens is 1. The van der Waals surface area contributed by atoms with E-state index in [9.17, 15) is 5.11 Å². The molecule has 3 rings (SSSR count). The topological polar surface area (TPSA) is 56.7 Å². The van der Waals surface area contributed by atoms with Gasteiger partial charge in [-0.15, -0.1) is 35.7 Å². The minimum Gasteiger partial charge on any atom is -0.392 e. The van der Waals surface area contributed by atoms with E-state index in [0.29, 0.717) is 6.54 Å². The van der Waals surface area contributed by atoms with Crippen molar-refractivity contribution in [2.45, 2.75) is 42.6 Å². The molecule has 0 spiro atoms. The number of nitrogens with one attached hydrogen (secondary N) is 2. The minimum absolute atomic E-state index is 0. The molecule has 1 fully saturated rings. The SMILES string of the molecule is CCNC(=NCc1ccccc1CO)NCC1(Sc2ccccc2)CC1.I. The van der Waals surface area contributed by atoms with E-state index in [1.807, 2.05) is 36.0 Å². The van der Waals surface area contributed by atoms with Crippen LogP contribution in [-0.2, 0) is 13.2 Å². The number of thioether (sulfide) groups is 1. The Morgan fingerprint density at radius 2 is 1.70 bits per heavy atom. The first-order valence-corrected chi connectivity index (χ1v) is 10.0. The van der Waals surface area contributed by atoms with Crippen molar-refractivity contribution in [2.24, 2.45) is 4.99 Å². The molecule has 4 nitrogen and oxygen atoms in total. The molecule has 2 aromatic carbocycles. The first-order chi connectivity index (χ1) is 12.7. The summed E-state index contributed by atoms with van der Waals surface area (Å²) in [4.78, 5) is 6.03. The van der Waals surface area contributed by atoms with Crippen LogP contribution in [-0.4, -0.2) is 28.9 Å². The zero-order valence-corrected chi connectivity index (χ0v) is 18.8. The zero-order valence-electron chi connectivity index (χ0n) is 15.6. The summed E-state index contributed by atoms with van der Waals surface area (Å²) in [6, 6.07) is 18.5. The van der Waals surface area contributed by atoms with Crippen LogP contribution in [0.15, 0.2) is 64.5 Å². The first-order valence-electron chi connectivity index (χ1n) is 9.18. The number of aliphatic hydroxyl groups excluding tert-OH is 1. The van der Waals surface area contributed by atoms with Gasteiger partial charge in [0.2, 0.25) is 0 Å². The molecule has 0 bridgehead atoms. The van der Waals surface area contributed by atoms with Crippen LogP contribution in [0.25, 0.3) is 0 Å². The fourth-order valence-corrected chi connectivity index (χ4v) is 4.05. The largest absolute Gasteiger partial charge is 0.392 e. The zero-order chi connectivity index (χ0) is 18.2. The van der Waals surface area contributed by atoms with Gasteiger partial charge in [-0.2, -0.15) is 0 Å². The molecule has 0 aromatic heterocycles. The fraction of sp³-hybridized carbons (Fsp3) is 0.381. The third-order valence-corrected chi connectivity index (χ3v) is 6.00.